The molecule has 0 fully saturated rings. The van der Waals surface area contributed by atoms with Crippen LogP contribution in [0.25, 0.3) is 0 Å². The molecule has 1 N–H and O–H groups in total. The van der Waals surface area contributed by atoms with Crippen molar-refractivity contribution in [1.29, 1.82) is 5.26 Å². The number of nitrogens with zero attached hydrogens (tertiary/aromatic N) is 2. The molecule has 25 heavy (non-hydrogen) atoms. The highest BCUT2D eigenvalue weighted by molar-refractivity contribution is 5.92. The van der Waals surface area contributed by atoms with Crippen LogP contribution in [0.5, 0.6) is 5.75 Å². The van der Waals surface area contributed by atoms with Crippen molar-refractivity contribution in [1.82, 2.24) is 0 Å². The van der Waals surface area contributed by atoms with Gasteiger partial charge in [-0.2, -0.15) is 5.26 Å². The predicted molar refractivity (Wildman–Crippen MR) is 99.9 cm³/mol. The average Bonchev–Trinajstić information content (AvgIpc) is 2.62. The third-order valence-corrected chi connectivity index (χ3v) is 3.80. The summed E-state index contributed by atoms with van der Waals surface area (Å²) in [6, 6.07) is 16.9. The lowest BCUT2D eigenvalue weighted by atomic mass is 10.2. The standard InChI is InChI=1S/C20H23N3O2/c1-4-23(15(2)3)18-9-7-17(8-10-18)22-20(24)14-25-19-11-5-16(13-21)6-12-19/h5-12,15H,4,14H2,1-3H3,(H,22,24). The van der Waals surface area contributed by atoms with Gasteiger partial charge in [0.05, 0.1) is 11.6 Å². The summed E-state index contributed by atoms with van der Waals surface area (Å²) >= 11 is 0. The molecule has 0 heterocycles. The van der Waals surface area contributed by atoms with Crippen LogP contribution in [0.2, 0.25) is 0 Å². The first kappa shape index (κ1) is 18.3. The van der Waals surface area contributed by atoms with Gasteiger partial charge >= 0.3 is 0 Å². The summed E-state index contributed by atoms with van der Waals surface area (Å²) in [6.45, 7) is 7.28. The minimum atomic E-state index is -0.228. The van der Waals surface area contributed by atoms with Crippen LogP contribution in [0.15, 0.2) is 48.5 Å². The molecule has 1 amide bonds. The Labute approximate surface area is 148 Å². The maximum Gasteiger partial charge on any atom is 0.262 e. The lowest BCUT2D eigenvalue weighted by molar-refractivity contribution is -0.118. The number of amides is 1. The number of nitriles is 1. The molecule has 0 radical (unpaired) electrons. The van der Waals surface area contributed by atoms with E-state index in [2.05, 4.69) is 31.0 Å². The molecule has 130 valence electrons. The van der Waals surface area contributed by atoms with Gasteiger partial charge in [0.2, 0.25) is 0 Å². The smallest absolute Gasteiger partial charge is 0.262 e. The van der Waals surface area contributed by atoms with E-state index >= 15 is 0 Å². The monoisotopic (exact) mass is 337 g/mol. The quantitative estimate of drug-likeness (QED) is 0.834. The normalized spacial score (nSPS) is 10.2. The first-order valence-electron chi connectivity index (χ1n) is 8.33. The van der Waals surface area contributed by atoms with E-state index in [-0.39, 0.29) is 12.5 Å². The van der Waals surface area contributed by atoms with Gasteiger partial charge in [-0.15, -0.1) is 0 Å². The summed E-state index contributed by atoms with van der Waals surface area (Å²) in [5, 5.41) is 11.6. The van der Waals surface area contributed by atoms with Crippen LogP contribution in [0.1, 0.15) is 26.3 Å². The highest BCUT2D eigenvalue weighted by Crippen LogP contribution is 2.20. The molecule has 2 aromatic carbocycles. The minimum absolute atomic E-state index is 0.0826. The first-order chi connectivity index (χ1) is 12.0. The molecule has 5 nitrogen and oxygen atoms in total. The molecule has 0 aliphatic rings. The van der Waals surface area contributed by atoms with Crippen LogP contribution in [-0.4, -0.2) is 25.1 Å². The molecule has 0 saturated heterocycles. The largest absolute Gasteiger partial charge is 0.484 e. The van der Waals surface area contributed by atoms with E-state index in [1.54, 1.807) is 24.3 Å². The number of hydrogen-bond acceptors (Lipinski definition) is 4. The minimum Gasteiger partial charge on any atom is -0.484 e. The molecule has 0 bridgehead atoms. The number of carbonyl (C=O) groups is 1. The van der Waals surface area contributed by atoms with Crippen molar-refractivity contribution in [3.05, 3.63) is 54.1 Å². The fraction of sp³-hybridized carbons (Fsp3) is 0.300. The Morgan fingerprint density at radius 3 is 2.32 bits per heavy atom. The van der Waals surface area contributed by atoms with Gasteiger partial charge in [0.1, 0.15) is 5.75 Å². The van der Waals surface area contributed by atoms with E-state index in [0.29, 0.717) is 17.4 Å². The number of benzene rings is 2. The van der Waals surface area contributed by atoms with Gasteiger partial charge in [0, 0.05) is 24.0 Å². The molecular weight excluding hydrogens is 314 g/mol. The van der Waals surface area contributed by atoms with Gasteiger partial charge in [0.15, 0.2) is 6.61 Å². The third-order valence-electron chi connectivity index (χ3n) is 3.80. The van der Waals surface area contributed by atoms with Crippen LogP contribution in [0.3, 0.4) is 0 Å². The highest BCUT2D eigenvalue weighted by Gasteiger charge is 2.09. The number of nitrogens with one attached hydrogen (secondary N) is 1. The van der Waals surface area contributed by atoms with Crippen LogP contribution in [-0.2, 0) is 4.79 Å². The average molecular weight is 337 g/mol. The summed E-state index contributed by atoms with van der Waals surface area (Å²) < 4.78 is 5.42. The van der Waals surface area contributed by atoms with Crippen molar-refractivity contribution >= 4 is 17.3 Å². The maximum atomic E-state index is 12.0. The fourth-order valence-electron chi connectivity index (χ4n) is 2.55. The Balaban J connectivity index is 1.88. The Bertz CT molecular complexity index is 731. The van der Waals surface area contributed by atoms with Crippen LogP contribution in [0.4, 0.5) is 11.4 Å². The number of rotatable bonds is 7. The number of anilines is 2. The van der Waals surface area contributed by atoms with Gasteiger partial charge in [-0.3, -0.25) is 4.79 Å². The number of carbonyl (C=O) groups excluding carboxylic acids is 1. The second-order valence-corrected chi connectivity index (χ2v) is 5.90. The van der Waals surface area contributed by atoms with Gasteiger partial charge in [0.25, 0.3) is 5.91 Å². The lowest BCUT2D eigenvalue weighted by Crippen LogP contribution is -2.30. The second-order valence-electron chi connectivity index (χ2n) is 5.90. The molecule has 0 spiro atoms. The highest BCUT2D eigenvalue weighted by atomic mass is 16.5. The van der Waals surface area contributed by atoms with Gasteiger partial charge in [-0.25, -0.2) is 0 Å². The van der Waals surface area contributed by atoms with Gasteiger partial charge < -0.3 is 15.0 Å². The van der Waals surface area contributed by atoms with Crippen molar-refractivity contribution in [3.8, 4) is 11.8 Å². The Morgan fingerprint density at radius 1 is 1.16 bits per heavy atom. The van der Waals surface area contributed by atoms with Crippen LogP contribution in [0, 0.1) is 11.3 Å². The van der Waals surface area contributed by atoms with E-state index in [1.807, 2.05) is 30.3 Å². The molecule has 0 aliphatic carbocycles. The van der Waals surface area contributed by atoms with E-state index in [1.165, 1.54) is 0 Å². The molecule has 2 aromatic rings. The molecule has 0 aromatic heterocycles. The maximum absolute atomic E-state index is 12.0. The van der Waals surface area contributed by atoms with E-state index in [9.17, 15) is 4.79 Å². The number of ether oxygens (including phenoxy) is 1. The van der Waals surface area contributed by atoms with Crippen molar-refractivity contribution < 1.29 is 9.53 Å². The SMILES string of the molecule is CCN(c1ccc(NC(=O)COc2ccc(C#N)cc2)cc1)C(C)C. The Morgan fingerprint density at radius 2 is 1.80 bits per heavy atom. The van der Waals surface area contributed by atoms with Gasteiger partial charge in [-0.1, -0.05) is 0 Å². The van der Waals surface area contributed by atoms with Crippen molar-refractivity contribution in [2.75, 3.05) is 23.4 Å². The molecule has 0 aliphatic heterocycles. The summed E-state index contributed by atoms with van der Waals surface area (Å²) in [4.78, 5) is 14.3. The van der Waals surface area contributed by atoms with Crippen molar-refractivity contribution in [2.24, 2.45) is 0 Å². The molecular formula is C20H23N3O2. The molecule has 2 rings (SSSR count). The summed E-state index contributed by atoms with van der Waals surface area (Å²) in [6.07, 6.45) is 0. The lowest BCUT2D eigenvalue weighted by Gasteiger charge is -2.27. The molecule has 0 atom stereocenters. The third kappa shape index (κ3) is 5.25. The molecule has 5 heteroatoms. The van der Waals surface area contributed by atoms with E-state index in [0.717, 1.165) is 17.9 Å². The van der Waals surface area contributed by atoms with Crippen molar-refractivity contribution in [2.45, 2.75) is 26.8 Å². The Hall–Kier alpha value is -3.00. The molecule has 0 unspecified atom stereocenters. The van der Waals surface area contributed by atoms with E-state index in [4.69, 9.17) is 10.00 Å². The first-order valence-corrected chi connectivity index (χ1v) is 8.33. The zero-order chi connectivity index (χ0) is 18.2. The summed E-state index contributed by atoms with van der Waals surface area (Å²) in [5.41, 5.74) is 2.42. The fourth-order valence-corrected chi connectivity index (χ4v) is 2.55. The van der Waals surface area contributed by atoms with Crippen molar-refractivity contribution in [3.63, 3.8) is 0 Å². The summed E-state index contributed by atoms with van der Waals surface area (Å²) in [7, 11) is 0. The van der Waals surface area contributed by atoms with Gasteiger partial charge in [-0.05, 0) is 69.3 Å². The second kappa shape index (κ2) is 8.74. The molecule has 0 saturated carbocycles. The number of hydrogen-bond donors (Lipinski definition) is 1. The Kier molecular flexibility index (Phi) is 6.41. The van der Waals surface area contributed by atoms with Crippen LogP contribution < -0.4 is 15.0 Å². The summed E-state index contributed by atoms with van der Waals surface area (Å²) in [5.74, 6) is 0.327. The topological polar surface area (TPSA) is 65.4 Å². The van der Waals surface area contributed by atoms with Crippen LogP contribution >= 0.6 is 0 Å². The van der Waals surface area contributed by atoms with E-state index < -0.39 is 0 Å². The predicted octanol–water partition coefficient (Wildman–Crippen LogP) is 3.81. The zero-order valence-corrected chi connectivity index (χ0v) is 14.8. The zero-order valence-electron chi connectivity index (χ0n) is 14.8.